The van der Waals surface area contributed by atoms with E-state index in [0.29, 0.717) is 41.9 Å². The smallest absolute Gasteiger partial charge is 0.283 e. The Morgan fingerprint density at radius 1 is 1.12 bits per heavy atom. The highest BCUT2D eigenvalue weighted by molar-refractivity contribution is 9.10. The predicted molar refractivity (Wildman–Crippen MR) is 133 cm³/mol. The molecular weight excluding hydrogens is 508 g/mol. The lowest BCUT2D eigenvalue weighted by Crippen LogP contribution is -2.35. The minimum atomic E-state index is -0.462. The van der Waals surface area contributed by atoms with Gasteiger partial charge in [-0.15, -0.1) is 0 Å². The zero-order chi connectivity index (χ0) is 23.4. The number of hydrazone groups is 1. The molecule has 10 heteroatoms. The van der Waals surface area contributed by atoms with Crippen LogP contribution < -0.4 is 14.2 Å². The number of hydrogen-bond acceptors (Lipinski definition) is 7. The molecule has 33 heavy (non-hydrogen) atoms. The van der Waals surface area contributed by atoms with E-state index in [-0.39, 0.29) is 11.4 Å². The van der Waals surface area contributed by atoms with Gasteiger partial charge in [0.2, 0.25) is 5.17 Å². The van der Waals surface area contributed by atoms with Crippen LogP contribution in [0, 0.1) is 5.41 Å². The molecule has 0 atom stereocenters. The minimum Gasteiger partial charge on any atom is -0.493 e. The van der Waals surface area contributed by atoms with E-state index in [9.17, 15) is 4.79 Å². The second kappa shape index (κ2) is 10.2. The Bertz CT molecular complexity index is 1180. The van der Waals surface area contributed by atoms with E-state index in [2.05, 4.69) is 26.0 Å². The molecule has 0 saturated heterocycles. The summed E-state index contributed by atoms with van der Waals surface area (Å²) in [7, 11) is 1.55. The summed E-state index contributed by atoms with van der Waals surface area (Å²) < 4.78 is 17.9. The van der Waals surface area contributed by atoms with Crippen molar-refractivity contribution in [3.05, 3.63) is 58.1 Å². The molecule has 0 fully saturated rings. The van der Waals surface area contributed by atoms with Gasteiger partial charge in [-0.2, -0.15) is 15.1 Å². The molecule has 0 spiro atoms. The summed E-state index contributed by atoms with van der Waals surface area (Å²) in [6.07, 6.45) is 2.32. The fourth-order valence-corrected chi connectivity index (χ4v) is 4.17. The first-order chi connectivity index (χ1) is 16.0. The monoisotopic (exact) mass is 528 g/mol. The summed E-state index contributed by atoms with van der Waals surface area (Å²) in [4.78, 5) is 16.6. The Kier molecular flexibility index (Phi) is 7.14. The number of amides is 1. The Hall–Kier alpha value is -3.11. The van der Waals surface area contributed by atoms with E-state index < -0.39 is 5.91 Å². The van der Waals surface area contributed by atoms with Crippen LogP contribution in [0.2, 0.25) is 0 Å². The second-order valence-corrected chi connectivity index (χ2v) is 8.88. The van der Waals surface area contributed by atoms with Crippen LogP contribution in [0.3, 0.4) is 0 Å². The van der Waals surface area contributed by atoms with Crippen molar-refractivity contribution in [2.75, 3.05) is 20.3 Å². The van der Waals surface area contributed by atoms with Gasteiger partial charge in [0, 0.05) is 4.47 Å². The Morgan fingerprint density at radius 2 is 1.88 bits per heavy atom. The van der Waals surface area contributed by atoms with Crippen molar-refractivity contribution >= 4 is 55.7 Å². The molecule has 1 amide bonds. The molecule has 0 saturated carbocycles. The van der Waals surface area contributed by atoms with E-state index in [1.54, 1.807) is 31.4 Å². The molecule has 0 bridgehead atoms. The van der Waals surface area contributed by atoms with Crippen LogP contribution in [-0.2, 0) is 4.79 Å². The third-order valence-corrected chi connectivity index (χ3v) is 6.30. The van der Waals surface area contributed by atoms with Crippen LogP contribution >= 0.6 is 27.7 Å². The number of ether oxygens (including phenoxy) is 3. The number of amidine groups is 2. The highest BCUT2D eigenvalue weighted by Gasteiger charge is 2.35. The van der Waals surface area contributed by atoms with Gasteiger partial charge in [-0.1, -0.05) is 28.9 Å². The van der Waals surface area contributed by atoms with Crippen LogP contribution in [0.15, 0.2) is 62.6 Å². The van der Waals surface area contributed by atoms with Crippen molar-refractivity contribution in [1.29, 1.82) is 5.41 Å². The number of nitrogens with zero attached hydrogens (tertiary/aromatic N) is 3. The van der Waals surface area contributed by atoms with Gasteiger partial charge in [0.05, 0.1) is 12.7 Å². The Morgan fingerprint density at radius 3 is 2.61 bits per heavy atom. The lowest BCUT2D eigenvalue weighted by molar-refractivity contribution is -0.114. The molecule has 0 radical (unpaired) electrons. The molecule has 2 aliphatic heterocycles. The average Bonchev–Trinajstić information content (AvgIpc) is 3.24. The van der Waals surface area contributed by atoms with Crippen molar-refractivity contribution in [3.63, 3.8) is 0 Å². The number of halogens is 1. The highest BCUT2D eigenvalue weighted by atomic mass is 79.9. The van der Waals surface area contributed by atoms with E-state index in [1.165, 1.54) is 16.8 Å². The molecular formula is C23H21BrN4O4S. The van der Waals surface area contributed by atoms with E-state index >= 15 is 0 Å². The van der Waals surface area contributed by atoms with Gasteiger partial charge in [0.1, 0.15) is 24.0 Å². The van der Waals surface area contributed by atoms with Crippen molar-refractivity contribution in [1.82, 2.24) is 5.01 Å². The zero-order valence-electron chi connectivity index (χ0n) is 18.0. The van der Waals surface area contributed by atoms with Gasteiger partial charge in [-0.05, 0) is 66.2 Å². The van der Waals surface area contributed by atoms with E-state index in [4.69, 9.17) is 19.6 Å². The Labute approximate surface area is 204 Å². The molecule has 8 nitrogen and oxygen atoms in total. The molecule has 4 rings (SSSR count). The van der Waals surface area contributed by atoms with Crippen molar-refractivity contribution in [2.45, 2.75) is 13.3 Å². The van der Waals surface area contributed by atoms with Gasteiger partial charge >= 0.3 is 0 Å². The molecule has 0 aliphatic carbocycles. The SMILES string of the molecule is CCC1=NN2C(=N)/C(=C/c3ccc(OCCOc4ccc(Br)cc4)c(OC)c3)C(=O)N=C2S1. The minimum absolute atomic E-state index is 0.00494. The molecule has 2 aromatic rings. The summed E-state index contributed by atoms with van der Waals surface area (Å²) in [5, 5.41) is 15.4. The van der Waals surface area contributed by atoms with Crippen LogP contribution in [0.1, 0.15) is 18.9 Å². The summed E-state index contributed by atoms with van der Waals surface area (Å²) in [6, 6.07) is 12.9. The summed E-state index contributed by atoms with van der Waals surface area (Å²) in [5.74, 6) is 1.36. The summed E-state index contributed by atoms with van der Waals surface area (Å²) in [6.45, 7) is 2.67. The van der Waals surface area contributed by atoms with Crippen molar-refractivity contribution < 1.29 is 19.0 Å². The first-order valence-electron chi connectivity index (χ1n) is 10.2. The number of rotatable bonds is 8. The van der Waals surface area contributed by atoms with Gasteiger partial charge < -0.3 is 14.2 Å². The molecule has 1 N–H and O–H groups in total. The number of nitrogens with one attached hydrogen (secondary N) is 1. The molecule has 2 aromatic carbocycles. The first kappa shape index (κ1) is 23.1. The average molecular weight is 529 g/mol. The fourth-order valence-electron chi connectivity index (χ4n) is 3.08. The molecule has 170 valence electrons. The van der Waals surface area contributed by atoms with Crippen LogP contribution in [0.4, 0.5) is 0 Å². The maximum atomic E-state index is 12.5. The maximum Gasteiger partial charge on any atom is 0.283 e. The molecule has 0 unspecified atom stereocenters. The van der Waals surface area contributed by atoms with E-state index in [0.717, 1.165) is 15.3 Å². The van der Waals surface area contributed by atoms with Gasteiger partial charge in [-0.3, -0.25) is 10.2 Å². The lowest BCUT2D eigenvalue weighted by Gasteiger charge is -2.20. The maximum absolute atomic E-state index is 12.5. The number of aliphatic imine (C=N–C) groups is 1. The number of fused-ring (bicyclic) bond motifs is 1. The lowest BCUT2D eigenvalue weighted by atomic mass is 10.1. The topological polar surface area (TPSA) is 96.6 Å². The molecule has 2 aliphatic rings. The van der Waals surface area contributed by atoms with Crippen molar-refractivity contribution in [3.8, 4) is 17.2 Å². The molecule has 2 heterocycles. The van der Waals surface area contributed by atoms with Crippen molar-refractivity contribution in [2.24, 2.45) is 10.1 Å². The third-order valence-electron chi connectivity index (χ3n) is 4.72. The van der Waals surface area contributed by atoms with Gasteiger partial charge in [0.15, 0.2) is 17.3 Å². The second-order valence-electron chi connectivity index (χ2n) is 6.93. The van der Waals surface area contributed by atoms with E-state index in [1.807, 2.05) is 31.2 Å². The summed E-state index contributed by atoms with van der Waals surface area (Å²) >= 11 is 4.71. The predicted octanol–water partition coefficient (Wildman–Crippen LogP) is 4.94. The van der Waals surface area contributed by atoms with Gasteiger partial charge in [-0.25, -0.2) is 0 Å². The quantitative estimate of drug-likeness (QED) is 0.384. The Balaban J connectivity index is 1.43. The third kappa shape index (κ3) is 5.28. The fraction of sp³-hybridized carbons (Fsp3) is 0.217. The summed E-state index contributed by atoms with van der Waals surface area (Å²) in [5.41, 5.74) is 0.850. The highest BCUT2D eigenvalue weighted by Crippen LogP contribution is 2.32. The standard InChI is InChI=1S/C23H21BrN4O4S/c1-3-20-27-28-21(25)17(22(29)26-23(28)33-20)12-14-4-9-18(19(13-14)30-2)32-11-10-31-16-7-5-15(24)6-8-16/h4-9,12-13,25H,3,10-11H2,1-2H3/b17-12-,25-21?. The first-order valence-corrected chi connectivity index (χ1v) is 11.8. The largest absolute Gasteiger partial charge is 0.493 e. The number of carbonyl (C=O) groups is 1. The zero-order valence-corrected chi connectivity index (χ0v) is 20.4. The van der Waals surface area contributed by atoms with Gasteiger partial charge in [0.25, 0.3) is 5.91 Å². The number of thioether (sulfide) groups is 1. The molecule has 0 aromatic heterocycles. The van der Waals surface area contributed by atoms with Crippen LogP contribution in [0.5, 0.6) is 17.2 Å². The van der Waals surface area contributed by atoms with Crippen LogP contribution in [-0.4, -0.2) is 47.3 Å². The normalized spacial score (nSPS) is 16.5. The van der Waals surface area contributed by atoms with Crippen LogP contribution in [0.25, 0.3) is 6.08 Å². The number of benzene rings is 2. The number of methoxy groups -OCH3 is 1. The number of hydrogen-bond donors (Lipinski definition) is 1. The number of carbonyl (C=O) groups excluding carboxylic acids is 1.